The first kappa shape index (κ1) is 21.1. The van der Waals surface area contributed by atoms with Gasteiger partial charge in [-0.25, -0.2) is 4.68 Å². The molecule has 31 heavy (non-hydrogen) atoms. The molecule has 1 saturated carbocycles. The predicted octanol–water partition coefficient (Wildman–Crippen LogP) is 4.36. The van der Waals surface area contributed by atoms with Crippen molar-refractivity contribution in [1.29, 1.82) is 0 Å². The van der Waals surface area contributed by atoms with Crippen molar-refractivity contribution in [2.75, 3.05) is 13.7 Å². The van der Waals surface area contributed by atoms with Gasteiger partial charge in [0.05, 0.1) is 36.7 Å². The molecule has 0 saturated heterocycles. The third-order valence-electron chi connectivity index (χ3n) is 6.51. The number of methoxy groups -OCH3 is 1. The summed E-state index contributed by atoms with van der Waals surface area (Å²) in [5.41, 5.74) is 4.34. The summed E-state index contributed by atoms with van der Waals surface area (Å²) < 4.78 is 7.19. The van der Waals surface area contributed by atoms with Crippen molar-refractivity contribution >= 4 is 5.97 Å². The lowest BCUT2D eigenvalue weighted by Crippen LogP contribution is -2.37. The molecule has 6 nitrogen and oxygen atoms in total. The summed E-state index contributed by atoms with van der Waals surface area (Å²) in [5.74, 6) is -0.331. The fraction of sp³-hybridized carbons (Fsp3) is 0.360. The number of carboxylic acid groups (broad SMARTS) is 1. The topological polar surface area (TPSA) is 84.6 Å². The first-order valence-corrected chi connectivity index (χ1v) is 10.6. The van der Waals surface area contributed by atoms with Gasteiger partial charge in [0.1, 0.15) is 5.75 Å². The summed E-state index contributed by atoms with van der Waals surface area (Å²) in [5, 5.41) is 24.7. The number of hydrogen-bond acceptors (Lipinski definition) is 4. The number of aliphatic carboxylic acids is 1. The molecule has 0 bridgehead atoms. The number of aliphatic hydroxyl groups is 1. The first-order chi connectivity index (χ1) is 15.0. The monoisotopic (exact) mass is 420 g/mol. The number of benzene rings is 2. The number of carbonyl (C=O) groups is 1. The van der Waals surface area contributed by atoms with Crippen LogP contribution < -0.4 is 4.74 Å². The largest absolute Gasteiger partial charge is 0.497 e. The van der Waals surface area contributed by atoms with Crippen LogP contribution in [0.5, 0.6) is 5.75 Å². The Balaban J connectivity index is 1.78. The molecule has 0 atom stereocenters. The number of aromatic nitrogens is 2. The van der Waals surface area contributed by atoms with E-state index in [1.165, 1.54) is 5.56 Å². The van der Waals surface area contributed by atoms with Crippen molar-refractivity contribution in [3.05, 3.63) is 65.9 Å². The Bertz CT molecular complexity index is 1050. The van der Waals surface area contributed by atoms with Crippen LogP contribution in [-0.2, 0) is 10.2 Å². The zero-order chi connectivity index (χ0) is 22.0. The normalized spacial score (nSPS) is 21.1. The molecule has 0 unspecified atom stereocenters. The van der Waals surface area contributed by atoms with Crippen LogP contribution in [-0.4, -0.2) is 39.7 Å². The molecule has 1 aliphatic carbocycles. The smallest absolute Gasteiger partial charge is 0.306 e. The molecule has 2 N–H and O–H groups in total. The van der Waals surface area contributed by atoms with E-state index in [4.69, 9.17) is 9.84 Å². The molecular weight excluding hydrogens is 392 g/mol. The highest BCUT2D eigenvalue weighted by Crippen LogP contribution is 2.42. The Morgan fingerprint density at radius 1 is 1.13 bits per heavy atom. The maximum absolute atomic E-state index is 11.4. The van der Waals surface area contributed by atoms with Crippen LogP contribution in [0, 0.1) is 12.8 Å². The standard InChI is InChI=1S/C25H28N2O4/c1-17-3-5-18(6-4-17)22-15-23(25(16-28)13-11-19(12-14-25)24(29)30)26-27(22)20-7-9-21(31-2)10-8-20/h3-10,15,19,28H,11-14,16H2,1-2H3,(H,29,30). The lowest BCUT2D eigenvalue weighted by atomic mass is 9.69. The van der Waals surface area contributed by atoms with E-state index < -0.39 is 11.4 Å². The Hall–Kier alpha value is -3.12. The second-order valence-corrected chi connectivity index (χ2v) is 8.44. The lowest BCUT2D eigenvalue weighted by molar-refractivity contribution is -0.143. The highest BCUT2D eigenvalue weighted by molar-refractivity contribution is 5.70. The van der Waals surface area contributed by atoms with E-state index in [1.54, 1.807) is 7.11 Å². The van der Waals surface area contributed by atoms with Crippen molar-refractivity contribution in [3.63, 3.8) is 0 Å². The van der Waals surface area contributed by atoms with E-state index in [1.807, 2.05) is 35.0 Å². The number of hydrogen-bond donors (Lipinski definition) is 2. The Morgan fingerprint density at radius 3 is 2.32 bits per heavy atom. The van der Waals surface area contributed by atoms with Crippen LogP contribution in [0.25, 0.3) is 16.9 Å². The second-order valence-electron chi connectivity index (χ2n) is 8.44. The molecule has 2 aromatic carbocycles. The third kappa shape index (κ3) is 4.08. The van der Waals surface area contributed by atoms with Crippen LogP contribution in [0.15, 0.2) is 54.6 Å². The lowest BCUT2D eigenvalue weighted by Gasteiger charge is -2.36. The molecular formula is C25H28N2O4. The van der Waals surface area contributed by atoms with E-state index in [2.05, 4.69) is 31.2 Å². The molecule has 0 amide bonds. The van der Waals surface area contributed by atoms with Gasteiger partial charge in [0, 0.05) is 11.0 Å². The van der Waals surface area contributed by atoms with Crippen molar-refractivity contribution in [2.24, 2.45) is 5.92 Å². The second kappa shape index (κ2) is 8.55. The van der Waals surface area contributed by atoms with Crippen LogP contribution >= 0.6 is 0 Å². The molecule has 1 heterocycles. The summed E-state index contributed by atoms with van der Waals surface area (Å²) in [7, 11) is 1.64. The average Bonchev–Trinajstić information content (AvgIpc) is 3.25. The zero-order valence-electron chi connectivity index (χ0n) is 17.9. The highest BCUT2D eigenvalue weighted by atomic mass is 16.5. The number of ether oxygens (including phenoxy) is 1. The first-order valence-electron chi connectivity index (χ1n) is 10.6. The molecule has 6 heteroatoms. The molecule has 1 aliphatic rings. The summed E-state index contributed by atoms with van der Waals surface area (Å²) in [4.78, 5) is 11.4. The molecule has 0 aliphatic heterocycles. The molecule has 3 aromatic rings. The van der Waals surface area contributed by atoms with E-state index in [-0.39, 0.29) is 12.5 Å². The van der Waals surface area contributed by atoms with Gasteiger partial charge in [-0.15, -0.1) is 0 Å². The van der Waals surface area contributed by atoms with Crippen molar-refractivity contribution in [3.8, 4) is 22.7 Å². The maximum atomic E-state index is 11.4. The van der Waals surface area contributed by atoms with E-state index in [9.17, 15) is 15.0 Å². The van der Waals surface area contributed by atoms with Crippen LogP contribution in [0.4, 0.5) is 0 Å². The van der Waals surface area contributed by atoms with Gasteiger partial charge in [-0.3, -0.25) is 4.79 Å². The fourth-order valence-electron chi connectivity index (χ4n) is 4.40. The summed E-state index contributed by atoms with van der Waals surface area (Å²) in [6.07, 6.45) is 2.30. The molecule has 0 radical (unpaired) electrons. The number of nitrogens with zero attached hydrogens (tertiary/aromatic N) is 2. The zero-order valence-corrected chi connectivity index (χ0v) is 17.9. The number of rotatable bonds is 6. The quantitative estimate of drug-likeness (QED) is 0.619. The van der Waals surface area contributed by atoms with Gasteiger partial charge in [0.25, 0.3) is 0 Å². The van der Waals surface area contributed by atoms with Gasteiger partial charge in [-0.05, 0) is 62.9 Å². The van der Waals surface area contributed by atoms with Crippen LogP contribution in [0.3, 0.4) is 0 Å². The minimum absolute atomic E-state index is 0.0493. The number of aryl methyl sites for hydroxylation is 1. The highest BCUT2D eigenvalue weighted by Gasteiger charge is 2.40. The van der Waals surface area contributed by atoms with Gasteiger partial charge < -0.3 is 14.9 Å². The van der Waals surface area contributed by atoms with Crippen LogP contribution in [0.1, 0.15) is 36.9 Å². The SMILES string of the molecule is COc1ccc(-n2nc(C3(CO)CCC(C(=O)O)CC3)cc2-c2ccc(C)cc2)cc1. The molecule has 1 aromatic heterocycles. The third-order valence-corrected chi connectivity index (χ3v) is 6.51. The molecule has 162 valence electrons. The van der Waals surface area contributed by atoms with Crippen LogP contribution in [0.2, 0.25) is 0 Å². The van der Waals surface area contributed by atoms with Gasteiger partial charge in [0.15, 0.2) is 0 Å². The number of aliphatic hydroxyl groups excluding tert-OH is 1. The van der Waals surface area contributed by atoms with E-state index >= 15 is 0 Å². The predicted molar refractivity (Wildman–Crippen MR) is 119 cm³/mol. The van der Waals surface area contributed by atoms with Gasteiger partial charge in [-0.1, -0.05) is 29.8 Å². The number of carboxylic acids is 1. The van der Waals surface area contributed by atoms with Crippen molar-refractivity contribution in [1.82, 2.24) is 9.78 Å². The fourth-order valence-corrected chi connectivity index (χ4v) is 4.40. The van der Waals surface area contributed by atoms with E-state index in [0.29, 0.717) is 25.7 Å². The van der Waals surface area contributed by atoms with Crippen molar-refractivity contribution < 1.29 is 19.7 Å². The van der Waals surface area contributed by atoms with Gasteiger partial charge in [-0.2, -0.15) is 5.10 Å². The average molecular weight is 421 g/mol. The summed E-state index contributed by atoms with van der Waals surface area (Å²) in [6, 6.07) is 18.0. The minimum Gasteiger partial charge on any atom is -0.497 e. The maximum Gasteiger partial charge on any atom is 0.306 e. The van der Waals surface area contributed by atoms with E-state index in [0.717, 1.165) is 28.4 Å². The Kier molecular flexibility index (Phi) is 5.83. The van der Waals surface area contributed by atoms with Gasteiger partial charge >= 0.3 is 5.97 Å². The minimum atomic E-state index is -0.754. The summed E-state index contributed by atoms with van der Waals surface area (Å²) >= 11 is 0. The Labute approximate surface area is 182 Å². The molecule has 1 fully saturated rings. The van der Waals surface area contributed by atoms with Gasteiger partial charge in [0.2, 0.25) is 0 Å². The Morgan fingerprint density at radius 2 is 1.77 bits per heavy atom. The molecule has 0 spiro atoms. The molecule has 4 rings (SSSR count). The summed E-state index contributed by atoms with van der Waals surface area (Å²) in [6.45, 7) is 2.00. The van der Waals surface area contributed by atoms with Crippen molar-refractivity contribution in [2.45, 2.75) is 38.0 Å².